The summed E-state index contributed by atoms with van der Waals surface area (Å²) in [6, 6.07) is 4.67. The number of anilines is 3. The second-order valence-corrected chi connectivity index (χ2v) is 9.81. The van der Waals surface area contributed by atoms with Crippen LogP contribution in [0.3, 0.4) is 0 Å². The lowest BCUT2D eigenvalue weighted by Crippen LogP contribution is -2.38. The summed E-state index contributed by atoms with van der Waals surface area (Å²) in [6.45, 7) is 2.73. The molecule has 0 unspecified atom stereocenters. The Labute approximate surface area is 226 Å². The number of carbonyl (C=O) groups excluding carboxylic acids is 2. The second-order valence-electron chi connectivity index (χ2n) is 8.81. The van der Waals surface area contributed by atoms with Crippen molar-refractivity contribution in [1.29, 1.82) is 0 Å². The first-order chi connectivity index (χ1) is 18.5. The van der Waals surface area contributed by atoms with Gasteiger partial charge in [-0.2, -0.15) is 13.2 Å². The molecule has 4 rings (SSSR count). The van der Waals surface area contributed by atoms with Crippen LogP contribution in [0.2, 0.25) is 0 Å². The molecule has 1 aliphatic rings. The van der Waals surface area contributed by atoms with Gasteiger partial charge in [0, 0.05) is 38.6 Å². The van der Waals surface area contributed by atoms with E-state index in [9.17, 15) is 22.8 Å². The molecule has 3 aromatic rings. The Kier molecular flexibility index (Phi) is 8.50. The molecule has 1 aliphatic heterocycles. The fourth-order valence-corrected chi connectivity index (χ4v) is 5.13. The van der Waals surface area contributed by atoms with Crippen molar-refractivity contribution in [2.75, 3.05) is 36.1 Å². The number of thiazole rings is 1. The van der Waals surface area contributed by atoms with Crippen molar-refractivity contribution in [2.45, 2.75) is 38.6 Å². The van der Waals surface area contributed by atoms with Crippen LogP contribution >= 0.6 is 11.3 Å². The van der Waals surface area contributed by atoms with E-state index < -0.39 is 23.9 Å². The van der Waals surface area contributed by atoms with E-state index in [1.807, 2.05) is 4.90 Å². The van der Waals surface area contributed by atoms with Crippen LogP contribution in [0.15, 0.2) is 30.5 Å². The highest BCUT2D eigenvalue weighted by Crippen LogP contribution is 2.35. The highest BCUT2D eigenvalue weighted by atomic mass is 32.1. The molecule has 11 nitrogen and oxygen atoms in total. The number of aromatic nitrogens is 3. The summed E-state index contributed by atoms with van der Waals surface area (Å²) in [5.74, 6) is 0.429. The highest BCUT2D eigenvalue weighted by molar-refractivity contribution is 7.19. The van der Waals surface area contributed by atoms with Gasteiger partial charge in [-0.05, 0) is 43.5 Å². The van der Waals surface area contributed by atoms with Crippen molar-refractivity contribution in [3.05, 3.63) is 47.3 Å². The monoisotopic (exact) mass is 564 g/mol. The van der Waals surface area contributed by atoms with E-state index in [1.165, 1.54) is 23.5 Å². The third-order valence-corrected chi connectivity index (χ3v) is 7.11. The number of benzene rings is 1. The molecule has 2 aromatic heterocycles. The van der Waals surface area contributed by atoms with Gasteiger partial charge in [-0.15, -0.1) is 0 Å². The number of piperidine rings is 1. The first-order valence-electron chi connectivity index (χ1n) is 12.0. The average molecular weight is 565 g/mol. The van der Waals surface area contributed by atoms with E-state index in [2.05, 4.69) is 30.9 Å². The van der Waals surface area contributed by atoms with Gasteiger partial charge in [0.05, 0.1) is 21.8 Å². The number of primary amides is 1. The van der Waals surface area contributed by atoms with Gasteiger partial charge in [-0.1, -0.05) is 17.4 Å². The number of nitrogens with two attached hydrogens (primary N) is 1. The molecular weight excluding hydrogens is 537 g/mol. The van der Waals surface area contributed by atoms with Gasteiger partial charge in [0.1, 0.15) is 6.10 Å². The number of likely N-dealkylation sites (tertiary alicyclic amines) is 1. The smallest absolute Gasteiger partial charge is 0.416 e. The zero-order valence-corrected chi connectivity index (χ0v) is 21.9. The van der Waals surface area contributed by atoms with E-state index in [0.717, 1.165) is 10.9 Å². The molecule has 3 heterocycles. The maximum atomic E-state index is 13.9. The third-order valence-electron chi connectivity index (χ3n) is 6.01. The van der Waals surface area contributed by atoms with Crippen molar-refractivity contribution in [1.82, 2.24) is 19.9 Å². The number of halogens is 3. The Bertz CT molecular complexity index is 1340. The Hall–Kier alpha value is -3.98. The van der Waals surface area contributed by atoms with Crippen LogP contribution in [-0.4, -0.2) is 58.2 Å². The zero-order valence-electron chi connectivity index (χ0n) is 21.1. The van der Waals surface area contributed by atoms with Crippen molar-refractivity contribution >= 4 is 40.2 Å². The molecule has 39 heavy (non-hydrogen) atoms. The van der Waals surface area contributed by atoms with E-state index in [-0.39, 0.29) is 29.0 Å². The summed E-state index contributed by atoms with van der Waals surface area (Å²) in [7, 11) is 1.69. The molecule has 15 heteroatoms. The fraction of sp³-hybridized carbons (Fsp3) is 0.375. The Morgan fingerprint density at radius 2 is 1.92 bits per heavy atom. The number of nitrogens with one attached hydrogen (secondary N) is 3. The maximum Gasteiger partial charge on any atom is 0.416 e. The first kappa shape index (κ1) is 28.0. The van der Waals surface area contributed by atoms with E-state index >= 15 is 0 Å². The SMILES string of the molecule is CNc1nccc(-c2sc(NC(=O)Nc3ccc(CN4CCC(OC(N)=O)CC4)c(C(F)(F)F)c3)nc2C)n1. The lowest BCUT2D eigenvalue weighted by molar-refractivity contribution is -0.138. The van der Waals surface area contributed by atoms with Crippen LogP contribution in [0.5, 0.6) is 0 Å². The first-order valence-corrected chi connectivity index (χ1v) is 12.8. The summed E-state index contributed by atoms with van der Waals surface area (Å²) < 4.78 is 46.7. The van der Waals surface area contributed by atoms with Crippen LogP contribution in [0.25, 0.3) is 10.6 Å². The fourth-order valence-electron chi connectivity index (χ4n) is 4.20. The van der Waals surface area contributed by atoms with Gasteiger partial charge in [0.25, 0.3) is 0 Å². The number of ether oxygens (including phenoxy) is 1. The molecule has 0 radical (unpaired) electrons. The molecule has 0 bridgehead atoms. The number of alkyl halides is 3. The van der Waals surface area contributed by atoms with Crippen LogP contribution in [0.4, 0.5) is 39.5 Å². The lowest BCUT2D eigenvalue weighted by Gasteiger charge is -2.31. The quantitative estimate of drug-likeness (QED) is 0.324. The number of aryl methyl sites for hydroxylation is 1. The van der Waals surface area contributed by atoms with E-state index in [4.69, 9.17) is 10.5 Å². The molecule has 1 aromatic carbocycles. The minimum Gasteiger partial charge on any atom is -0.446 e. The number of amides is 3. The number of rotatable bonds is 7. The van der Waals surface area contributed by atoms with Gasteiger partial charge < -0.3 is 21.1 Å². The van der Waals surface area contributed by atoms with Gasteiger partial charge >= 0.3 is 18.3 Å². The third kappa shape index (κ3) is 7.32. The molecule has 1 saturated heterocycles. The summed E-state index contributed by atoms with van der Waals surface area (Å²) in [4.78, 5) is 38.8. The van der Waals surface area contributed by atoms with Gasteiger partial charge in [0.15, 0.2) is 5.13 Å². The van der Waals surface area contributed by atoms with Crippen LogP contribution in [-0.2, 0) is 17.5 Å². The molecule has 0 atom stereocenters. The predicted molar refractivity (Wildman–Crippen MR) is 140 cm³/mol. The Morgan fingerprint density at radius 1 is 1.18 bits per heavy atom. The summed E-state index contributed by atoms with van der Waals surface area (Å²) in [5.41, 5.74) is 5.51. The molecule has 0 spiro atoms. The number of nitrogens with zero attached hydrogens (tertiary/aromatic N) is 4. The van der Waals surface area contributed by atoms with Crippen molar-refractivity contribution in [3.8, 4) is 10.6 Å². The molecule has 1 fully saturated rings. The molecule has 5 N–H and O–H groups in total. The minimum atomic E-state index is -4.62. The van der Waals surface area contributed by atoms with Crippen LogP contribution in [0, 0.1) is 6.92 Å². The summed E-state index contributed by atoms with van der Waals surface area (Å²) in [5, 5.41) is 8.14. The molecule has 3 amide bonds. The zero-order chi connectivity index (χ0) is 28.2. The highest BCUT2D eigenvalue weighted by Gasteiger charge is 2.34. The standard InChI is InChI=1S/C24H27F3N8O3S/c1-13-19(18-5-8-30-21(29-2)33-18)39-23(31-13)34-22(37)32-15-4-3-14(17(11-15)24(25,26)27)12-35-9-6-16(7-10-35)38-20(28)36/h3-5,8,11,16H,6-7,9-10,12H2,1-2H3,(H2,28,36)(H,29,30,33)(H2,31,32,34,37). The largest absolute Gasteiger partial charge is 0.446 e. The number of urea groups is 1. The number of carbonyl (C=O) groups is 2. The van der Waals surface area contributed by atoms with Gasteiger partial charge in [0.2, 0.25) is 5.95 Å². The minimum absolute atomic E-state index is 0.0138. The van der Waals surface area contributed by atoms with E-state index in [0.29, 0.717) is 43.3 Å². The van der Waals surface area contributed by atoms with Crippen molar-refractivity contribution < 1.29 is 27.5 Å². The summed E-state index contributed by atoms with van der Waals surface area (Å²) in [6.07, 6.45) is -3.27. The second kappa shape index (κ2) is 11.8. The van der Waals surface area contributed by atoms with Crippen LogP contribution < -0.4 is 21.7 Å². The maximum absolute atomic E-state index is 13.9. The Morgan fingerprint density at radius 3 is 2.59 bits per heavy atom. The molecule has 0 saturated carbocycles. The number of hydrogen-bond donors (Lipinski definition) is 4. The molecule has 0 aliphatic carbocycles. The van der Waals surface area contributed by atoms with E-state index in [1.54, 1.807) is 26.2 Å². The Balaban J connectivity index is 1.42. The van der Waals surface area contributed by atoms with Gasteiger partial charge in [-0.25, -0.2) is 24.5 Å². The van der Waals surface area contributed by atoms with Crippen molar-refractivity contribution in [3.63, 3.8) is 0 Å². The summed E-state index contributed by atoms with van der Waals surface area (Å²) >= 11 is 1.18. The van der Waals surface area contributed by atoms with Crippen LogP contribution in [0.1, 0.15) is 29.7 Å². The molecular formula is C24H27F3N8O3S. The predicted octanol–water partition coefficient (Wildman–Crippen LogP) is 4.67. The van der Waals surface area contributed by atoms with Gasteiger partial charge in [-0.3, -0.25) is 10.2 Å². The normalized spacial score (nSPS) is 14.6. The topological polar surface area (TPSA) is 147 Å². The lowest BCUT2D eigenvalue weighted by atomic mass is 10.0. The number of hydrogen-bond acceptors (Lipinski definition) is 9. The average Bonchev–Trinajstić information content (AvgIpc) is 3.24. The van der Waals surface area contributed by atoms with Crippen molar-refractivity contribution in [2.24, 2.45) is 5.73 Å². The molecule has 208 valence electrons.